The minimum absolute atomic E-state index is 1.16. The topological polar surface area (TPSA) is 14.8 Å². The number of para-hydroxylation sites is 6. The molecule has 3 nitrogen and oxygen atoms in total. The fraction of sp³-hybridized carbons (Fsp3) is 0.0182. The Morgan fingerprint density at radius 3 is 1.16 bits per heavy atom. The van der Waals surface area contributed by atoms with Crippen molar-refractivity contribution >= 4 is 65.4 Å². The summed E-state index contributed by atoms with van der Waals surface area (Å²) in [5.74, 6) is 0. The molecule has 0 unspecified atom stereocenters. The minimum Gasteiger partial charge on any atom is -0.309 e. The minimum atomic E-state index is 1.16. The first-order chi connectivity index (χ1) is 28.7. The lowest BCUT2D eigenvalue weighted by Gasteiger charge is -2.18. The lowest BCUT2D eigenvalue weighted by molar-refractivity contribution is 1.15. The Bertz CT molecular complexity index is 3510. The van der Waals surface area contributed by atoms with Crippen molar-refractivity contribution in [2.75, 3.05) is 0 Å². The van der Waals surface area contributed by atoms with Crippen LogP contribution in [-0.4, -0.2) is 13.7 Å². The van der Waals surface area contributed by atoms with Gasteiger partial charge in [-0.25, -0.2) is 0 Å². The molecule has 272 valence electrons. The molecule has 0 saturated carbocycles. The Morgan fingerprint density at radius 2 is 0.655 bits per heavy atom. The molecule has 12 aromatic rings. The summed E-state index contributed by atoms with van der Waals surface area (Å²) in [6.07, 6.45) is 0. The second-order valence-electron chi connectivity index (χ2n) is 15.4. The van der Waals surface area contributed by atoms with Gasteiger partial charge in [-0.15, -0.1) is 0 Å². The molecule has 12 rings (SSSR count). The molecule has 0 amide bonds. The number of fused-ring (bicyclic) bond motifs is 9. The first kappa shape index (κ1) is 32.6. The predicted molar refractivity (Wildman–Crippen MR) is 245 cm³/mol. The summed E-state index contributed by atoms with van der Waals surface area (Å²) in [6, 6.07) is 75.5. The average Bonchev–Trinajstić information content (AvgIpc) is 3.92. The summed E-state index contributed by atoms with van der Waals surface area (Å²) in [5, 5.41) is 7.51. The van der Waals surface area contributed by atoms with Crippen LogP contribution >= 0.6 is 0 Å². The number of aromatic nitrogens is 3. The first-order valence-electron chi connectivity index (χ1n) is 20.0. The summed E-state index contributed by atoms with van der Waals surface area (Å²) in [6.45, 7) is 2.30. The summed E-state index contributed by atoms with van der Waals surface area (Å²) in [5.41, 5.74) is 16.8. The summed E-state index contributed by atoms with van der Waals surface area (Å²) in [4.78, 5) is 0. The van der Waals surface area contributed by atoms with E-state index in [0.717, 1.165) is 11.4 Å². The van der Waals surface area contributed by atoms with Gasteiger partial charge in [-0.2, -0.15) is 0 Å². The summed E-state index contributed by atoms with van der Waals surface area (Å²) >= 11 is 0. The Kier molecular flexibility index (Phi) is 7.14. The van der Waals surface area contributed by atoms with Crippen molar-refractivity contribution in [1.82, 2.24) is 13.7 Å². The van der Waals surface area contributed by atoms with Gasteiger partial charge in [0.25, 0.3) is 0 Å². The molecule has 0 bridgehead atoms. The number of rotatable bonds is 5. The van der Waals surface area contributed by atoms with E-state index in [-0.39, 0.29) is 0 Å². The first-order valence-corrected chi connectivity index (χ1v) is 20.0. The maximum atomic E-state index is 2.48. The van der Waals surface area contributed by atoms with Crippen molar-refractivity contribution < 1.29 is 0 Å². The van der Waals surface area contributed by atoms with Gasteiger partial charge in [0.15, 0.2) is 0 Å². The van der Waals surface area contributed by atoms with E-state index in [1.807, 2.05) is 0 Å². The highest BCUT2D eigenvalue weighted by atomic mass is 15.0. The quantitative estimate of drug-likeness (QED) is 0.167. The molecule has 0 spiro atoms. The van der Waals surface area contributed by atoms with Gasteiger partial charge in [0.2, 0.25) is 0 Å². The van der Waals surface area contributed by atoms with Crippen LogP contribution in [0.3, 0.4) is 0 Å². The maximum absolute atomic E-state index is 2.48. The van der Waals surface area contributed by atoms with Crippen LogP contribution in [0.25, 0.3) is 105 Å². The molecule has 0 fully saturated rings. The third kappa shape index (κ3) is 4.80. The molecule has 0 atom stereocenters. The highest BCUT2D eigenvalue weighted by Crippen LogP contribution is 2.42. The molecule has 0 saturated heterocycles. The predicted octanol–water partition coefficient (Wildman–Crippen LogP) is 14.6. The van der Waals surface area contributed by atoms with E-state index in [1.54, 1.807) is 0 Å². The Balaban J connectivity index is 1.14. The van der Waals surface area contributed by atoms with E-state index >= 15 is 0 Å². The smallest absolute Gasteiger partial charge is 0.0541 e. The zero-order valence-electron chi connectivity index (χ0n) is 32.0. The van der Waals surface area contributed by atoms with Crippen molar-refractivity contribution in [3.05, 3.63) is 212 Å². The van der Waals surface area contributed by atoms with Gasteiger partial charge in [-0.3, -0.25) is 0 Å². The molecule has 58 heavy (non-hydrogen) atoms. The SMILES string of the molecule is Cc1c(-c2ccc3c(c2)c2ccccc2n3-c2ccccc2)cc(-c2ccc3c(c2)c2ccccc2n3-c2ccccc2)cc1-n1c2ccccc2c2ccccc21. The molecule has 0 N–H and O–H groups in total. The van der Waals surface area contributed by atoms with E-state index in [4.69, 9.17) is 0 Å². The second kappa shape index (κ2) is 12.7. The average molecular weight is 740 g/mol. The van der Waals surface area contributed by atoms with Crippen molar-refractivity contribution in [2.45, 2.75) is 6.92 Å². The molecule has 3 heteroatoms. The van der Waals surface area contributed by atoms with Crippen molar-refractivity contribution in [2.24, 2.45) is 0 Å². The molecule has 0 aliphatic carbocycles. The molecular weight excluding hydrogens is 703 g/mol. The van der Waals surface area contributed by atoms with Gasteiger partial charge in [0.05, 0.1) is 38.8 Å². The number of hydrogen-bond donors (Lipinski definition) is 0. The van der Waals surface area contributed by atoms with Gasteiger partial charge in [0.1, 0.15) is 0 Å². The van der Waals surface area contributed by atoms with Gasteiger partial charge < -0.3 is 13.7 Å². The molecule has 0 aliphatic heterocycles. The van der Waals surface area contributed by atoms with Gasteiger partial charge >= 0.3 is 0 Å². The lowest BCUT2D eigenvalue weighted by Crippen LogP contribution is -2.00. The zero-order chi connectivity index (χ0) is 38.3. The second-order valence-corrected chi connectivity index (χ2v) is 15.4. The largest absolute Gasteiger partial charge is 0.309 e. The van der Waals surface area contributed by atoms with Crippen LogP contribution in [-0.2, 0) is 0 Å². The molecule has 3 aromatic heterocycles. The number of hydrogen-bond acceptors (Lipinski definition) is 0. The third-order valence-electron chi connectivity index (χ3n) is 12.2. The van der Waals surface area contributed by atoms with E-state index in [9.17, 15) is 0 Å². The van der Waals surface area contributed by atoms with Crippen LogP contribution in [0.5, 0.6) is 0 Å². The molecule has 9 aromatic carbocycles. The van der Waals surface area contributed by atoms with Crippen LogP contribution in [0.2, 0.25) is 0 Å². The Morgan fingerprint density at radius 1 is 0.276 bits per heavy atom. The van der Waals surface area contributed by atoms with E-state index in [2.05, 4.69) is 227 Å². The molecule has 3 heterocycles. The fourth-order valence-electron chi connectivity index (χ4n) is 9.58. The van der Waals surface area contributed by atoms with E-state index in [0.29, 0.717) is 0 Å². The van der Waals surface area contributed by atoms with Gasteiger partial charge in [-0.05, 0) is 120 Å². The molecule has 0 aliphatic rings. The standard InChI is InChI=1S/C55H37N3/c1-36-46(38-29-31-54-48(33-38)45-23-11-13-25-50(45)57(54)41-18-6-3-7-19-41)34-39(35-55(36)58-51-26-14-8-20-42(51)43-21-9-15-27-52(43)58)37-28-30-53-47(32-37)44-22-10-12-24-49(44)56(53)40-16-4-2-5-17-40/h2-35H,1H3. The van der Waals surface area contributed by atoms with Crippen molar-refractivity contribution in [1.29, 1.82) is 0 Å². The Hall–Kier alpha value is -7.62. The molecule has 0 radical (unpaired) electrons. The normalized spacial score (nSPS) is 11.9. The van der Waals surface area contributed by atoms with Crippen LogP contribution in [0.4, 0.5) is 0 Å². The zero-order valence-corrected chi connectivity index (χ0v) is 32.0. The van der Waals surface area contributed by atoms with Crippen LogP contribution in [0, 0.1) is 6.92 Å². The van der Waals surface area contributed by atoms with E-state index < -0.39 is 0 Å². The number of nitrogens with zero attached hydrogens (tertiary/aromatic N) is 3. The maximum Gasteiger partial charge on any atom is 0.0541 e. The van der Waals surface area contributed by atoms with Crippen LogP contribution in [0.15, 0.2) is 206 Å². The van der Waals surface area contributed by atoms with Crippen LogP contribution < -0.4 is 0 Å². The highest BCUT2D eigenvalue weighted by Gasteiger charge is 2.20. The lowest BCUT2D eigenvalue weighted by atomic mass is 9.92. The number of benzene rings is 9. The monoisotopic (exact) mass is 739 g/mol. The highest BCUT2D eigenvalue weighted by molar-refractivity contribution is 6.13. The summed E-state index contributed by atoms with van der Waals surface area (Å²) in [7, 11) is 0. The van der Waals surface area contributed by atoms with Gasteiger partial charge in [-0.1, -0.05) is 121 Å². The van der Waals surface area contributed by atoms with Crippen molar-refractivity contribution in [3.8, 4) is 39.3 Å². The van der Waals surface area contributed by atoms with Crippen LogP contribution in [0.1, 0.15) is 5.56 Å². The Labute approximate surface area is 335 Å². The fourth-order valence-corrected chi connectivity index (χ4v) is 9.58. The summed E-state index contributed by atoms with van der Waals surface area (Å²) < 4.78 is 7.26. The van der Waals surface area contributed by atoms with E-state index in [1.165, 1.54) is 98.9 Å². The van der Waals surface area contributed by atoms with Crippen molar-refractivity contribution in [3.63, 3.8) is 0 Å². The molecular formula is C55H37N3. The third-order valence-corrected chi connectivity index (χ3v) is 12.2. The van der Waals surface area contributed by atoms with Gasteiger partial charge in [0, 0.05) is 43.7 Å².